The average Bonchev–Trinajstić information content (AvgIpc) is 3.03. The number of hydrogen-bond acceptors (Lipinski definition) is 7. The second-order valence-corrected chi connectivity index (χ2v) is 10.00. The quantitative estimate of drug-likeness (QED) is 0.280. The lowest BCUT2D eigenvalue weighted by molar-refractivity contribution is 0.0527. The minimum Gasteiger partial charge on any atom is -0.462 e. The van der Waals surface area contributed by atoms with E-state index in [2.05, 4.69) is 10.6 Å². The number of rotatable bonds is 8. The Labute approximate surface area is 205 Å². The van der Waals surface area contributed by atoms with Crippen molar-refractivity contribution in [3.8, 4) is 0 Å². The molecule has 1 atom stereocenters. The van der Waals surface area contributed by atoms with Crippen molar-refractivity contribution in [2.75, 3.05) is 18.5 Å². The second kappa shape index (κ2) is 11.2. The monoisotopic (exact) mass is 520 g/mol. The highest BCUT2D eigenvalue weighted by Crippen LogP contribution is 2.38. The summed E-state index contributed by atoms with van der Waals surface area (Å²) in [7, 11) is 0. The van der Waals surface area contributed by atoms with Gasteiger partial charge in [-0.15, -0.1) is 11.3 Å². The highest BCUT2D eigenvalue weighted by molar-refractivity contribution is 7.18. The Balaban J connectivity index is 2.45. The zero-order valence-corrected chi connectivity index (χ0v) is 21.0. The summed E-state index contributed by atoms with van der Waals surface area (Å²) in [4.78, 5) is 38.0. The van der Waals surface area contributed by atoms with Gasteiger partial charge < -0.3 is 20.1 Å². The summed E-state index contributed by atoms with van der Waals surface area (Å²) in [5.74, 6) is -1.74. The number of anilines is 1. The second-order valence-electron chi connectivity index (χ2n) is 6.61. The molecule has 0 spiro atoms. The largest absolute Gasteiger partial charge is 0.462 e. The van der Waals surface area contributed by atoms with Crippen molar-refractivity contribution in [1.29, 1.82) is 0 Å². The Morgan fingerprint density at radius 3 is 2.19 bits per heavy atom. The fourth-order valence-electron chi connectivity index (χ4n) is 2.82. The van der Waals surface area contributed by atoms with E-state index < -0.39 is 27.8 Å². The predicted molar refractivity (Wildman–Crippen MR) is 127 cm³/mol. The zero-order valence-electron chi connectivity index (χ0n) is 17.9. The van der Waals surface area contributed by atoms with Crippen molar-refractivity contribution in [3.05, 3.63) is 51.4 Å². The molecule has 0 saturated heterocycles. The summed E-state index contributed by atoms with van der Waals surface area (Å²) in [5, 5.41) is 5.72. The van der Waals surface area contributed by atoms with Crippen molar-refractivity contribution in [2.45, 2.75) is 37.7 Å². The number of alkyl halides is 3. The van der Waals surface area contributed by atoms with Crippen LogP contribution in [0.4, 0.5) is 5.00 Å². The SMILES string of the molecule is CCOC(=O)c1sc(NC(NC(=O)c2ccccc2C)C(Cl)(Cl)Cl)c(C(=O)OCC)c1C. The van der Waals surface area contributed by atoms with Gasteiger partial charge in [-0.25, -0.2) is 9.59 Å². The maximum atomic E-state index is 12.8. The van der Waals surface area contributed by atoms with E-state index in [0.29, 0.717) is 11.1 Å². The van der Waals surface area contributed by atoms with Crippen LogP contribution >= 0.6 is 46.1 Å². The first-order valence-corrected chi connectivity index (χ1v) is 11.6. The molecular formula is C21H23Cl3N2O5S. The molecule has 2 rings (SSSR count). The summed E-state index contributed by atoms with van der Waals surface area (Å²) in [6, 6.07) is 6.93. The maximum Gasteiger partial charge on any atom is 0.348 e. The number of halogens is 3. The van der Waals surface area contributed by atoms with Crippen LogP contribution in [0, 0.1) is 13.8 Å². The van der Waals surface area contributed by atoms with E-state index >= 15 is 0 Å². The lowest BCUT2D eigenvalue weighted by Crippen LogP contribution is -2.49. The van der Waals surface area contributed by atoms with Crippen molar-refractivity contribution in [1.82, 2.24) is 5.32 Å². The van der Waals surface area contributed by atoms with Gasteiger partial charge in [-0.05, 0) is 44.9 Å². The molecule has 1 heterocycles. The minimum absolute atomic E-state index is 0.101. The van der Waals surface area contributed by atoms with Crippen LogP contribution in [0.25, 0.3) is 0 Å². The highest BCUT2D eigenvalue weighted by atomic mass is 35.6. The lowest BCUT2D eigenvalue weighted by atomic mass is 10.1. The van der Waals surface area contributed by atoms with Crippen molar-refractivity contribution in [3.63, 3.8) is 0 Å². The summed E-state index contributed by atoms with van der Waals surface area (Å²) in [6.45, 7) is 6.99. The van der Waals surface area contributed by atoms with E-state index in [4.69, 9.17) is 44.3 Å². The molecule has 11 heteroatoms. The summed E-state index contributed by atoms with van der Waals surface area (Å²) in [6.07, 6.45) is -1.24. The third-order valence-electron chi connectivity index (χ3n) is 4.36. The number of aryl methyl sites for hydroxylation is 1. The number of amides is 1. The van der Waals surface area contributed by atoms with Crippen molar-refractivity contribution in [2.24, 2.45) is 0 Å². The van der Waals surface area contributed by atoms with Crippen molar-refractivity contribution >= 4 is 69.0 Å². The van der Waals surface area contributed by atoms with E-state index in [1.165, 1.54) is 0 Å². The molecule has 174 valence electrons. The molecule has 7 nitrogen and oxygen atoms in total. The fourth-order valence-corrected chi connectivity index (χ4v) is 4.27. The molecule has 32 heavy (non-hydrogen) atoms. The number of carbonyl (C=O) groups excluding carboxylic acids is 3. The molecule has 2 N–H and O–H groups in total. The first-order chi connectivity index (χ1) is 15.0. The molecule has 0 fully saturated rings. The zero-order chi connectivity index (χ0) is 24.1. The standard InChI is InChI=1S/C21H23Cl3N2O5S/c1-5-30-18(28)14-12(4)15(19(29)31-6-2)32-17(14)26-20(21(22,23)24)25-16(27)13-10-8-7-9-11(13)3/h7-10,20,26H,5-6H2,1-4H3,(H,25,27). The summed E-state index contributed by atoms with van der Waals surface area (Å²) < 4.78 is 8.20. The number of hydrogen-bond donors (Lipinski definition) is 2. The smallest absolute Gasteiger partial charge is 0.348 e. The number of carbonyl (C=O) groups is 3. The molecule has 0 aliphatic carbocycles. The maximum absolute atomic E-state index is 12.8. The predicted octanol–water partition coefficient (Wildman–Crippen LogP) is 5.26. The van der Waals surface area contributed by atoms with Gasteiger partial charge in [0.1, 0.15) is 16.0 Å². The highest BCUT2D eigenvalue weighted by Gasteiger charge is 2.37. The van der Waals surface area contributed by atoms with E-state index in [1.807, 2.05) is 0 Å². The molecule has 0 aliphatic heterocycles. The topological polar surface area (TPSA) is 93.7 Å². The normalized spacial score (nSPS) is 12.1. The van der Waals surface area contributed by atoms with Crippen LogP contribution in [0.3, 0.4) is 0 Å². The van der Waals surface area contributed by atoms with Crippen LogP contribution in [0.5, 0.6) is 0 Å². The van der Waals surface area contributed by atoms with Crippen LogP contribution in [-0.2, 0) is 9.47 Å². The molecule has 1 unspecified atom stereocenters. The first-order valence-electron chi connectivity index (χ1n) is 9.68. The molecule has 0 bridgehead atoms. The lowest BCUT2D eigenvalue weighted by Gasteiger charge is -2.27. The number of ether oxygens (including phenoxy) is 2. The van der Waals surface area contributed by atoms with Gasteiger partial charge in [0.05, 0.1) is 18.8 Å². The number of esters is 2. The van der Waals surface area contributed by atoms with Gasteiger partial charge in [-0.3, -0.25) is 4.79 Å². The molecule has 0 radical (unpaired) electrons. The number of nitrogens with one attached hydrogen (secondary N) is 2. The fraction of sp³-hybridized carbons (Fsp3) is 0.381. The third-order valence-corrected chi connectivity index (χ3v) is 6.21. The minimum atomic E-state index is -1.99. The van der Waals surface area contributed by atoms with E-state index in [9.17, 15) is 14.4 Å². The van der Waals surface area contributed by atoms with Gasteiger partial charge in [0.15, 0.2) is 0 Å². The van der Waals surface area contributed by atoms with Crippen LogP contribution < -0.4 is 10.6 Å². The molecule has 1 aromatic carbocycles. The Morgan fingerprint density at radius 1 is 1.03 bits per heavy atom. The Kier molecular flexibility index (Phi) is 9.21. The van der Waals surface area contributed by atoms with Gasteiger partial charge in [0.25, 0.3) is 5.91 Å². The van der Waals surface area contributed by atoms with E-state index in [0.717, 1.165) is 16.9 Å². The van der Waals surface area contributed by atoms with Gasteiger partial charge >= 0.3 is 11.9 Å². The summed E-state index contributed by atoms with van der Waals surface area (Å²) >= 11 is 19.3. The Bertz CT molecular complexity index is 1000. The molecule has 1 amide bonds. The van der Waals surface area contributed by atoms with Gasteiger partial charge in [-0.1, -0.05) is 53.0 Å². The van der Waals surface area contributed by atoms with Gasteiger partial charge in [-0.2, -0.15) is 0 Å². The number of thiophene rings is 1. The summed E-state index contributed by atoms with van der Waals surface area (Å²) in [5.41, 5.74) is 1.59. The Hall–Kier alpha value is -2.00. The molecular weight excluding hydrogens is 499 g/mol. The average molecular weight is 522 g/mol. The Morgan fingerprint density at radius 2 is 1.62 bits per heavy atom. The van der Waals surface area contributed by atoms with Gasteiger partial charge in [0, 0.05) is 5.56 Å². The van der Waals surface area contributed by atoms with Crippen LogP contribution in [0.1, 0.15) is 55.4 Å². The first kappa shape index (κ1) is 26.3. The van der Waals surface area contributed by atoms with Crippen LogP contribution in [-0.4, -0.2) is 41.0 Å². The molecule has 0 aliphatic rings. The molecule has 1 aromatic heterocycles. The van der Waals surface area contributed by atoms with E-state index in [1.54, 1.807) is 52.0 Å². The van der Waals surface area contributed by atoms with Crippen LogP contribution in [0.2, 0.25) is 0 Å². The number of benzene rings is 1. The van der Waals surface area contributed by atoms with Crippen LogP contribution in [0.15, 0.2) is 24.3 Å². The van der Waals surface area contributed by atoms with Gasteiger partial charge in [0.2, 0.25) is 3.79 Å². The van der Waals surface area contributed by atoms with Crippen molar-refractivity contribution < 1.29 is 23.9 Å². The molecule has 2 aromatic rings. The molecule has 0 saturated carbocycles. The third kappa shape index (κ3) is 6.28. The van der Waals surface area contributed by atoms with E-state index in [-0.39, 0.29) is 28.7 Å².